The number of hydrogen-bond acceptors (Lipinski definition) is 4. The fourth-order valence-corrected chi connectivity index (χ4v) is 3.66. The first kappa shape index (κ1) is 20.5. The van der Waals surface area contributed by atoms with Crippen LogP contribution in [0.15, 0.2) is 60.8 Å². The molecule has 0 spiro atoms. The lowest BCUT2D eigenvalue weighted by molar-refractivity contribution is -0.122. The average molecular weight is 418 g/mol. The van der Waals surface area contributed by atoms with Gasteiger partial charge in [-0.1, -0.05) is 24.3 Å². The fraction of sp³-hybridized carbons (Fsp3) is 0.208. The third kappa shape index (κ3) is 4.26. The minimum Gasteiger partial charge on any atom is -0.497 e. The molecule has 1 unspecified atom stereocenters. The molecule has 0 radical (unpaired) electrons. The van der Waals surface area contributed by atoms with Gasteiger partial charge in [-0.15, -0.1) is 0 Å². The number of hydrogen-bond donors (Lipinski definition) is 1. The van der Waals surface area contributed by atoms with Crippen molar-refractivity contribution in [3.05, 3.63) is 77.9 Å². The van der Waals surface area contributed by atoms with E-state index in [4.69, 9.17) is 4.74 Å². The number of nitrogens with zero attached hydrogens (tertiary/aromatic N) is 3. The number of carbonyl (C=O) groups is 1. The minimum absolute atomic E-state index is 0.0463. The second kappa shape index (κ2) is 8.55. The maximum atomic E-state index is 13.3. The normalized spacial score (nSPS) is 12.0. The van der Waals surface area contributed by atoms with Crippen LogP contribution in [-0.2, 0) is 11.3 Å². The number of aromatic nitrogens is 3. The van der Waals surface area contributed by atoms with E-state index in [1.165, 1.54) is 12.1 Å². The number of benzene rings is 2. The molecule has 4 rings (SSSR count). The summed E-state index contributed by atoms with van der Waals surface area (Å²) in [6.07, 6.45) is 1.68. The summed E-state index contributed by atoms with van der Waals surface area (Å²) in [5.74, 6) is 0.314. The molecule has 2 aromatic heterocycles. The fourth-order valence-electron chi connectivity index (χ4n) is 3.66. The van der Waals surface area contributed by atoms with Gasteiger partial charge in [-0.3, -0.25) is 4.79 Å². The van der Waals surface area contributed by atoms with Gasteiger partial charge in [0.05, 0.1) is 18.8 Å². The van der Waals surface area contributed by atoms with Crippen LogP contribution in [0.2, 0.25) is 0 Å². The molecular weight excluding hydrogens is 395 g/mol. The van der Waals surface area contributed by atoms with Gasteiger partial charge < -0.3 is 10.1 Å². The lowest BCUT2D eigenvalue weighted by Crippen LogP contribution is -2.30. The van der Waals surface area contributed by atoms with Gasteiger partial charge in [0.15, 0.2) is 5.65 Å². The maximum absolute atomic E-state index is 13.3. The summed E-state index contributed by atoms with van der Waals surface area (Å²) in [6.45, 7) is 3.85. The Morgan fingerprint density at radius 3 is 2.52 bits per heavy atom. The zero-order valence-corrected chi connectivity index (χ0v) is 17.6. The highest BCUT2D eigenvalue weighted by atomic mass is 19.1. The zero-order chi connectivity index (χ0) is 22.0. The van der Waals surface area contributed by atoms with Gasteiger partial charge in [-0.25, -0.2) is 14.1 Å². The molecule has 2 heterocycles. The quantitative estimate of drug-likeness (QED) is 0.503. The molecule has 0 bridgehead atoms. The molecule has 1 N–H and O–H groups in total. The van der Waals surface area contributed by atoms with Crippen LogP contribution in [0.5, 0.6) is 5.75 Å². The number of amides is 1. The molecule has 2 aromatic carbocycles. The summed E-state index contributed by atoms with van der Waals surface area (Å²) < 4.78 is 20.1. The first-order chi connectivity index (χ1) is 15.0. The molecule has 0 fully saturated rings. The predicted octanol–water partition coefficient (Wildman–Crippen LogP) is 4.43. The molecule has 1 amide bonds. The van der Waals surface area contributed by atoms with Crippen molar-refractivity contribution in [1.29, 1.82) is 0 Å². The van der Waals surface area contributed by atoms with E-state index in [1.807, 2.05) is 44.2 Å². The van der Waals surface area contributed by atoms with E-state index in [1.54, 1.807) is 30.1 Å². The number of carbonyl (C=O) groups excluding carboxylic acids is 1. The van der Waals surface area contributed by atoms with Crippen LogP contribution in [-0.4, -0.2) is 27.8 Å². The average Bonchev–Trinajstić information content (AvgIpc) is 3.09. The van der Waals surface area contributed by atoms with Crippen molar-refractivity contribution < 1.29 is 13.9 Å². The first-order valence-corrected chi connectivity index (χ1v) is 9.97. The van der Waals surface area contributed by atoms with Crippen molar-refractivity contribution in [2.45, 2.75) is 26.4 Å². The molecule has 7 heteroatoms. The predicted molar refractivity (Wildman–Crippen MR) is 117 cm³/mol. The number of rotatable bonds is 6. The minimum atomic E-state index is -0.288. The number of aryl methyl sites for hydroxylation is 1. The summed E-state index contributed by atoms with van der Waals surface area (Å²) in [5.41, 5.74) is 4.13. The Hall–Kier alpha value is -3.74. The topological polar surface area (TPSA) is 69.0 Å². The molecule has 0 aliphatic rings. The number of nitrogens with one attached hydrogen (secondary N) is 1. The second-order valence-electron chi connectivity index (χ2n) is 7.37. The van der Waals surface area contributed by atoms with Gasteiger partial charge in [0.2, 0.25) is 5.91 Å². The van der Waals surface area contributed by atoms with Crippen molar-refractivity contribution >= 4 is 16.9 Å². The Balaban J connectivity index is 1.56. The standard InChI is InChI=1S/C24H23FN4O2/c1-15(17-6-10-20(31-3)11-7-17)27-22(30)14-29-24-23(16(2)28-29)21(12-13-26-24)18-4-8-19(25)9-5-18/h4-13,15H,14H2,1-3H3,(H,27,30). The van der Waals surface area contributed by atoms with Crippen molar-refractivity contribution in [2.24, 2.45) is 0 Å². The largest absolute Gasteiger partial charge is 0.497 e. The Labute approximate surface area is 179 Å². The summed E-state index contributed by atoms with van der Waals surface area (Å²) in [7, 11) is 1.62. The van der Waals surface area contributed by atoms with E-state index in [0.29, 0.717) is 5.65 Å². The van der Waals surface area contributed by atoms with Crippen molar-refractivity contribution in [3.8, 4) is 16.9 Å². The van der Waals surface area contributed by atoms with Crippen LogP contribution in [0.25, 0.3) is 22.2 Å². The molecule has 0 aliphatic carbocycles. The van der Waals surface area contributed by atoms with E-state index >= 15 is 0 Å². The van der Waals surface area contributed by atoms with E-state index < -0.39 is 0 Å². The van der Waals surface area contributed by atoms with Crippen molar-refractivity contribution in [2.75, 3.05) is 7.11 Å². The molecule has 158 valence electrons. The summed E-state index contributed by atoms with van der Waals surface area (Å²) in [6, 6.07) is 15.6. The van der Waals surface area contributed by atoms with Gasteiger partial charge in [0.1, 0.15) is 18.1 Å². The highest BCUT2D eigenvalue weighted by Gasteiger charge is 2.17. The molecule has 0 saturated carbocycles. The number of fused-ring (bicyclic) bond motifs is 1. The molecular formula is C24H23FN4O2. The Kier molecular flexibility index (Phi) is 5.66. The molecule has 6 nitrogen and oxygen atoms in total. The van der Waals surface area contributed by atoms with Crippen LogP contribution in [0.1, 0.15) is 24.2 Å². The molecule has 31 heavy (non-hydrogen) atoms. The van der Waals surface area contributed by atoms with E-state index in [0.717, 1.165) is 33.5 Å². The van der Waals surface area contributed by atoms with Gasteiger partial charge in [0.25, 0.3) is 0 Å². The summed E-state index contributed by atoms with van der Waals surface area (Å²) in [5, 5.41) is 8.39. The van der Waals surface area contributed by atoms with Crippen LogP contribution in [0, 0.1) is 12.7 Å². The molecule has 0 aliphatic heterocycles. The molecule has 0 saturated heterocycles. The van der Waals surface area contributed by atoms with Gasteiger partial charge >= 0.3 is 0 Å². The van der Waals surface area contributed by atoms with Crippen LogP contribution in [0.3, 0.4) is 0 Å². The van der Waals surface area contributed by atoms with E-state index in [2.05, 4.69) is 15.4 Å². The number of methoxy groups -OCH3 is 1. The van der Waals surface area contributed by atoms with Crippen LogP contribution >= 0.6 is 0 Å². The Morgan fingerprint density at radius 2 is 1.84 bits per heavy atom. The Morgan fingerprint density at radius 1 is 1.13 bits per heavy atom. The smallest absolute Gasteiger partial charge is 0.242 e. The zero-order valence-electron chi connectivity index (χ0n) is 17.6. The van der Waals surface area contributed by atoms with Crippen molar-refractivity contribution in [1.82, 2.24) is 20.1 Å². The SMILES string of the molecule is COc1ccc(C(C)NC(=O)Cn2nc(C)c3c(-c4ccc(F)cc4)ccnc32)cc1. The highest BCUT2D eigenvalue weighted by Crippen LogP contribution is 2.30. The van der Waals surface area contributed by atoms with Crippen LogP contribution < -0.4 is 10.1 Å². The third-order valence-corrected chi connectivity index (χ3v) is 5.25. The van der Waals surface area contributed by atoms with E-state index in [9.17, 15) is 9.18 Å². The lowest BCUT2D eigenvalue weighted by atomic mass is 10.0. The lowest BCUT2D eigenvalue weighted by Gasteiger charge is -2.15. The molecule has 1 atom stereocenters. The first-order valence-electron chi connectivity index (χ1n) is 9.97. The van der Waals surface area contributed by atoms with Crippen molar-refractivity contribution in [3.63, 3.8) is 0 Å². The number of halogens is 1. The summed E-state index contributed by atoms with van der Waals surface area (Å²) >= 11 is 0. The van der Waals surface area contributed by atoms with Gasteiger partial charge in [0, 0.05) is 11.6 Å². The maximum Gasteiger partial charge on any atom is 0.242 e. The molecule has 4 aromatic rings. The van der Waals surface area contributed by atoms with Crippen LogP contribution in [0.4, 0.5) is 4.39 Å². The number of ether oxygens (including phenoxy) is 1. The van der Waals surface area contributed by atoms with Gasteiger partial charge in [-0.05, 0) is 60.9 Å². The monoisotopic (exact) mass is 418 g/mol. The Bertz CT molecular complexity index is 1220. The van der Waals surface area contributed by atoms with E-state index in [-0.39, 0.29) is 24.3 Å². The highest BCUT2D eigenvalue weighted by molar-refractivity contribution is 5.95. The second-order valence-corrected chi connectivity index (χ2v) is 7.37. The summed E-state index contributed by atoms with van der Waals surface area (Å²) in [4.78, 5) is 17.1. The third-order valence-electron chi connectivity index (χ3n) is 5.25. The van der Waals surface area contributed by atoms with Gasteiger partial charge in [-0.2, -0.15) is 5.10 Å². The number of pyridine rings is 1.